The minimum Gasteiger partial charge on any atom is -0.308 e. The predicted molar refractivity (Wildman–Crippen MR) is 71.2 cm³/mol. The van der Waals surface area contributed by atoms with Gasteiger partial charge in [-0.3, -0.25) is 0 Å². The number of hydrogen-bond donors (Lipinski definition) is 1. The van der Waals surface area contributed by atoms with E-state index in [9.17, 15) is 0 Å². The molecule has 0 aliphatic heterocycles. The van der Waals surface area contributed by atoms with Gasteiger partial charge in [0.05, 0.1) is 6.04 Å². The lowest BCUT2D eigenvalue weighted by Gasteiger charge is -2.13. The zero-order valence-corrected chi connectivity index (χ0v) is 11.0. The van der Waals surface area contributed by atoms with Crippen LogP contribution in [0.4, 0.5) is 0 Å². The molecule has 4 heteroatoms. The molecule has 0 aliphatic carbocycles. The number of aromatic nitrogens is 1. The quantitative estimate of drug-likeness (QED) is 0.851. The minimum absolute atomic E-state index is 0.415. The van der Waals surface area contributed by atoms with E-state index in [1.54, 1.807) is 22.7 Å². The summed E-state index contributed by atoms with van der Waals surface area (Å²) in [7, 11) is 0. The smallest absolute Gasteiger partial charge is 0.109 e. The first kappa shape index (κ1) is 11.8. The lowest BCUT2D eigenvalue weighted by molar-refractivity contribution is 0.520. The van der Waals surface area contributed by atoms with Crippen LogP contribution in [0.5, 0.6) is 0 Å². The van der Waals surface area contributed by atoms with Gasteiger partial charge in [-0.2, -0.15) is 11.3 Å². The maximum Gasteiger partial charge on any atom is 0.109 e. The van der Waals surface area contributed by atoms with Gasteiger partial charge in [0.25, 0.3) is 0 Å². The monoisotopic (exact) mass is 252 g/mol. The van der Waals surface area contributed by atoms with E-state index < -0.39 is 0 Å². The Morgan fingerprint density at radius 3 is 3.00 bits per heavy atom. The molecule has 16 heavy (non-hydrogen) atoms. The molecule has 0 saturated heterocycles. The van der Waals surface area contributed by atoms with Gasteiger partial charge in [0.15, 0.2) is 0 Å². The highest BCUT2D eigenvalue weighted by Gasteiger charge is 2.10. The van der Waals surface area contributed by atoms with Crippen molar-refractivity contribution in [2.75, 3.05) is 6.54 Å². The third-order valence-corrected chi connectivity index (χ3v) is 4.16. The molecule has 2 rings (SSSR count). The third-order valence-electron chi connectivity index (χ3n) is 2.54. The zero-order valence-electron chi connectivity index (χ0n) is 9.35. The van der Waals surface area contributed by atoms with E-state index >= 15 is 0 Å². The summed E-state index contributed by atoms with van der Waals surface area (Å²) in [6.07, 6.45) is 4.08. The largest absolute Gasteiger partial charge is 0.308 e. The van der Waals surface area contributed by atoms with Crippen LogP contribution in [0.15, 0.2) is 28.4 Å². The maximum absolute atomic E-state index is 4.36. The Balaban J connectivity index is 1.80. The van der Waals surface area contributed by atoms with Gasteiger partial charge >= 0.3 is 0 Å². The topological polar surface area (TPSA) is 24.9 Å². The summed E-state index contributed by atoms with van der Waals surface area (Å²) < 4.78 is 0. The summed E-state index contributed by atoms with van der Waals surface area (Å²) in [5.74, 6) is 0. The van der Waals surface area contributed by atoms with E-state index in [1.165, 1.54) is 10.6 Å². The lowest BCUT2D eigenvalue weighted by atomic mass is 10.2. The van der Waals surface area contributed by atoms with Crippen LogP contribution in [0.3, 0.4) is 0 Å². The van der Waals surface area contributed by atoms with E-state index in [4.69, 9.17) is 0 Å². The third kappa shape index (κ3) is 3.14. The summed E-state index contributed by atoms with van der Waals surface area (Å²) in [6.45, 7) is 3.22. The number of nitrogens with one attached hydrogen (secondary N) is 1. The van der Waals surface area contributed by atoms with E-state index in [0.29, 0.717) is 6.04 Å². The number of rotatable bonds is 6. The highest BCUT2D eigenvalue weighted by Crippen LogP contribution is 2.18. The summed E-state index contributed by atoms with van der Waals surface area (Å²) in [5.41, 5.74) is 1.42. The first-order valence-electron chi connectivity index (χ1n) is 5.54. The zero-order chi connectivity index (χ0) is 11.2. The van der Waals surface area contributed by atoms with Gasteiger partial charge in [-0.1, -0.05) is 6.92 Å². The molecule has 0 amide bonds. The average Bonchev–Trinajstić information content (AvgIpc) is 2.96. The standard InChI is InChI=1S/C12H16N2S2/c1-2-11(12-14-6-8-16-12)13-5-3-10-4-7-15-9-10/h4,6-9,11,13H,2-3,5H2,1H3. The molecule has 1 unspecified atom stereocenters. The van der Waals surface area contributed by atoms with Crippen LogP contribution >= 0.6 is 22.7 Å². The van der Waals surface area contributed by atoms with Crippen molar-refractivity contribution in [2.45, 2.75) is 25.8 Å². The molecule has 0 aliphatic rings. The first-order chi connectivity index (χ1) is 7.90. The predicted octanol–water partition coefficient (Wildman–Crippen LogP) is 3.49. The molecule has 2 heterocycles. The Hall–Kier alpha value is -0.710. The van der Waals surface area contributed by atoms with Crippen molar-refractivity contribution in [1.29, 1.82) is 0 Å². The fourth-order valence-electron chi connectivity index (χ4n) is 1.64. The lowest BCUT2D eigenvalue weighted by Crippen LogP contribution is -2.22. The Kier molecular flexibility index (Phi) is 4.51. The minimum atomic E-state index is 0.415. The summed E-state index contributed by atoms with van der Waals surface area (Å²) in [5, 5.41) is 11.2. The number of nitrogens with zero attached hydrogens (tertiary/aromatic N) is 1. The highest BCUT2D eigenvalue weighted by molar-refractivity contribution is 7.09. The second-order valence-corrected chi connectivity index (χ2v) is 5.37. The molecular formula is C12H16N2S2. The summed E-state index contributed by atoms with van der Waals surface area (Å²) in [6, 6.07) is 2.61. The van der Waals surface area contributed by atoms with Gasteiger partial charge in [-0.05, 0) is 41.8 Å². The van der Waals surface area contributed by atoms with Crippen molar-refractivity contribution in [2.24, 2.45) is 0 Å². The normalized spacial score (nSPS) is 12.8. The number of thiophene rings is 1. The molecule has 0 fully saturated rings. The summed E-state index contributed by atoms with van der Waals surface area (Å²) >= 11 is 3.50. The van der Waals surface area contributed by atoms with Crippen LogP contribution in [0.2, 0.25) is 0 Å². The highest BCUT2D eigenvalue weighted by atomic mass is 32.1. The second-order valence-electron chi connectivity index (χ2n) is 3.67. The van der Waals surface area contributed by atoms with Crippen LogP contribution in [-0.2, 0) is 6.42 Å². The Morgan fingerprint density at radius 2 is 2.38 bits per heavy atom. The van der Waals surface area contributed by atoms with Crippen LogP contribution in [0, 0.1) is 0 Å². The fraction of sp³-hybridized carbons (Fsp3) is 0.417. The summed E-state index contributed by atoms with van der Waals surface area (Å²) in [4.78, 5) is 4.36. The van der Waals surface area contributed by atoms with Gasteiger partial charge in [-0.15, -0.1) is 11.3 Å². The van der Waals surface area contributed by atoms with Crippen LogP contribution < -0.4 is 5.32 Å². The van der Waals surface area contributed by atoms with E-state index in [-0.39, 0.29) is 0 Å². The van der Waals surface area contributed by atoms with E-state index in [2.05, 4.69) is 34.1 Å². The van der Waals surface area contributed by atoms with E-state index in [1.807, 2.05) is 11.6 Å². The molecule has 0 aromatic carbocycles. The van der Waals surface area contributed by atoms with Gasteiger partial charge in [-0.25, -0.2) is 4.98 Å². The van der Waals surface area contributed by atoms with Crippen LogP contribution in [0.25, 0.3) is 0 Å². The number of thiazole rings is 1. The average molecular weight is 252 g/mol. The Bertz CT molecular complexity index is 381. The maximum atomic E-state index is 4.36. The van der Waals surface area contributed by atoms with Crippen molar-refractivity contribution >= 4 is 22.7 Å². The van der Waals surface area contributed by atoms with Crippen LogP contribution in [-0.4, -0.2) is 11.5 Å². The van der Waals surface area contributed by atoms with E-state index in [0.717, 1.165) is 19.4 Å². The Labute approximate surface area is 104 Å². The van der Waals surface area contributed by atoms with Gasteiger partial charge in [0.2, 0.25) is 0 Å². The molecule has 2 aromatic heterocycles. The van der Waals surface area contributed by atoms with Gasteiger partial charge in [0, 0.05) is 11.6 Å². The van der Waals surface area contributed by atoms with Crippen LogP contribution in [0.1, 0.15) is 30.0 Å². The molecule has 0 radical (unpaired) electrons. The Morgan fingerprint density at radius 1 is 1.44 bits per heavy atom. The molecule has 0 spiro atoms. The van der Waals surface area contributed by atoms with Crippen molar-refractivity contribution in [3.8, 4) is 0 Å². The molecule has 0 bridgehead atoms. The molecule has 2 aromatic rings. The number of hydrogen-bond acceptors (Lipinski definition) is 4. The molecule has 2 nitrogen and oxygen atoms in total. The fourth-order valence-corrected chi connectivity index (χ4v) is 3.14. The van der Waals surface area contributed by atoms with Crippen molar-refractivity contribution in [3.05, 3.63) is 39.0 Å². The van der Waals surface area contributed by atoms with Gasteiger partial charge < -0.3 is 5.32 Å². The molecular weight excluding hydrogens is 236 g/mol. The SMILES string of the molecule is CCC(NCCc1ccsc1)c1nccs1. The van der Waals surface area contributed by atoms with Crippen molar-refractivity contribution in [1.82, 2.24) is 10.3 Å². The van der Waals surface area contributed by atoms with Gasteiger partial charge in [0.1, 0.15) is 5.01 Å². The molecule has 86 valence electrons. The second kappa shape index (κ2) is 6.13. The first-order valence-corrected chi connectivity index (χ1v) is 7.36. The molecule has 1 atom stereocenters. The van der Waals surface area contributed by atoms with Crippen molar-refractivity contribution in [3.63, 3.8) is 0 Å². The molecule has 1 N–H and O–H groups in total. The molecule has 0 saturated carbocycles. The van der Waals surface area contributed by atoms with Crippen molar-refractivity contribution < 1.29 is 0 Å².